The van der Waals surface area contributed by atoms with Crippen molar-refractivity contribution in [1.82, 2.24) is 4.57 Å². The zero-order chi connectivity index (χ0) is 69.7. The van der Waals surface area contributed by atoms with Crippen LogP contribution in [0.4, 0.5) is 34.1 Å². The van der Waals surface area contributed by atoms with E-state index in [1.54, 1.807) is 0 Å². The molecule has 0 fully saturated rings. The summed E-state index contributed by atoms with van der Waals surface area (Å²) in [5, 5.41) is 7.33. The van der Waals surface area contributed by atoms with Gasteiger partial charge in [0.25, 0.3) is 0 Å². The second-order valence-corrected chi connectivity index (χ2v) is 28.7. The highest BCUT2D eigenvalue weighted by Crippen LogP contribution is 2.59. The molecule has 0 bridgehead atoms. The molecule has 494 valence electrons. The van der Waals surface area contributed by atoms with Crippen LogP contribution < -0.4 is 9.80 Å². The molecule has 0 saturated heterocycles. The van der Waals surface area contributed by atoms with Crippen LogP contribution in [0.1, 0.15) is 47.2 Å². The molecule has 1 heterocycles. The van der Waals surface area contributed by atoms with Crippen LogP contribution in [0.15, 0.2) is 394 Å². The van der Waals surface area contributed by atoms with Crippen molar-refractivity contribution in [2.45, 2.75) is 24.7 Å². The average Bonchev–Trinajstić information content (AvgIpc) is 1.72. The summed E-state index contributed by atoms with van der Waals surface area (Å²) < 4.78 is 2.46. The second kappa shape index (κ2) is 24.7. The second-order valence-electron chi connectivity index (χ2n) is 28.7. The van der Waals surface area contributed by atoms with Crippen molar-refractivity contribution in [3.8, 4) is 72.4 Å². The summed E-state index contributed by atoms with van der Waals surface area (Å²) >= 11 is 0. The number of anilines is 6. The van der Waals surface area contributed by atoms with Crippen molar-refractivity contribution in [3.05, 3.63) is 428 Å². The van der Waals surface area contributed by atoms with Crippen molar-refractivity contribution in [3.63, 3.8) is 0 Å². The van der Waals surface area contributed by atoms with E-state index < -0.39 is 5.41 Å². The number of nitrogens with zero attached hydrogens (tertiary/aromatic N) is 3. The van der Waals surface area contributed by atoms with Crippen LogP contribution in [-0.2, 0) is 10.8 Å². The molecule has 105 heavy (non-hydrogen) atoms. The van der Waals surface area contributed by atoms with Gasteiger partial charge >= 0.3 is 0 Å². The van der Waals surface area contributed by atoms with Crippen LogP contribution in [0.25, 0.3) is 116 Å². The van der Waals surface area contributed by atoms with Gasteiger partial charge in [0.2, 0.25) is 0 Å². The number of hydrogen-bond donors (Lipinski definition) is 0. The molecule has 2 aliphatic carbocycles. The number of para-hydroxylation sites is 2. The first-order valence-electron chi connectivity index (χ1n) is 36.5. The van der Waals surface area contributed by atoms with E-state index in [2.05, 4.69) is 423 Å². The summed E-state index contributed by atoms with van der Waals surface area (Å²) in [5.41, 5.74) is 31.8. The van der Waals surface area contributed by atoms with Crippen LogP contribution in [0.5, 0.6) is 0 Å². The van der Waals surface area contributed by atoms with Gasteiger partial charge in [0, 0.05) is 56.0 Å². The summed E-state index contributed by atoms with van der Waals surface area (Å²) in [6.45, 7) is 4.78. The molecule has 0 atom stereocenters. The first-order valence-corrected chi connectivity index (χ1v) is 36.5. The maximum Gasteiger partial charge on any atom is 0.0719 e. The van der Waals surface area contributed by atoms with Crippen LogP contribution in [-0.4, -0.2) is 4.57 Å². The van der Waals surface area contributed by atoms with Gasteiger partial charge < -0.3 is 14.4 Å². The van der Waals surface area contributed by atoms with Crippen LogP contribution in [0.3, 0.4) is 0 Å². The van der Waals surface area contributed by atoms with Gasteiger partial charge in [-0.15, -0.1) is 0 Å². The van der Waals surface area contributed by atoms with E-state index >= 15 is 0 Å². The third-order valence-corrected chi connectivity index (χ3v) is 22.6. The molecule has 0 aliphatic heterocycles. The minimum atomic E-state index is -0.522. The number of aromatic nitrogens is 1. The molecule has 0 unspecified atom stereocenters. The van der Waals surface area contributed by atoms with Crippen molar-refractivity contribution >= 4 is 77.5 Å². The Labute approximate surface area is 612 Å². The Hall–Kier alpha value is -13.3. The Morgan fingerprint density at radius 2 is 0.619 bits per heavy atom. The Bertz CT molecular complexity index is 6340. The summed E-state index contributed by atoms with van der Waals surface area (Å²) in [5.74, 6) is 0. The fourth-order valence-electron chi connectivity index (χ4n) is 17.8. The molecule has 0 amide bonds. The van der Waals surface area contributed by atoms with Crippen LogP contribution in [0, 0.1) is 0 Å². The third-order valence-electron chi connectivity index (χ3n) is 22.6. The minimum absolute atomic E-state index is 0.173. The predicted octanol–water partition coefficient (Wildman–Crippen LogP) is 27.4. The SMILES string of the molecule is CC1(C)c2ccc(-c3ccccc3)cc2-c2ccc3cc(N(c4ccc(-c5ccccc5)cc4)c4ccc(-c5cccc(-c6ccc7c8ccc(N(c9ccccc9)c9ccc%10c%11c(ccc%10c9)-c9ccccc9C%11(c9ccccc9)c9ccccc9)cc8n(-c8ccccc8)c7c6)c5)cc4)ccc3c21. The third kappa shape index (κ3) is 10.0. The van der Waals surface area contributed by atoms with Crippen molar-refractivity contribution < 1.29 is 0 Å². The summed E-state index contributed by atoms with van der Waals surface area (Å²) in [7, 11) is 0. The van der Waals surface area contributed by atoms with E-state index in [0.29, 0.717) is 0 Å². The number of fused-ring (bicyclic) bond motifs is 13. The molecular formula is C102H71N3. The van der Waals surface area contributed by atoms with Crippen molar-refractivity contribution in [2.24, 2.45) is 0 Å². The fourth-order valence-corrected chi connectivity index (χ4v) is 17.8. The van der Waals surface area contributed by atoms with Gasteiger partial charge in [0.05, 0.1) is 16.4 Å². The summed E-state index contributed by atoms with van der Waals surface area (Å²) in [6.07, 6.45) is 0. The highest BCUT2D eigenvalue weighted by Gasteiger charge is 2.47. The van der Waals surface area contributed by atoms with Gasteiger partial charge in [0.1, 0.15) is 0 Å². The van der Waals surface area contributed by atoms with Crippen molar-refractivity contribution in [2.75, 3.05) is 9.80 Å². The van der Waals surface area contributed by atoms with E-state index in [4.69, 9.17) is 0 Å². The number of benzene rings is 17. The molecule has 3 nitrogen and oxygen atoms in total. The van der Waals surface area contributed by atoms with Crippen LogP contribution in [0.2, 0.25) is 0 Å². The molecule has 0 radical (unpaired) electrons. The molecule has 0 N–H and O–H groups in total. The smallest absolute Gasteiger partial charge is 0.0719 e. The molecule has 20 rings (SSSR count). The lowest BCUT2D eigenvalue weighted by molar-refractivity contribution is 0.666. The number of rotatable bonds is 13. The Morgan fingerprint density at radius 1 is 0.229 bits per heavy atom. The zero-order valence-corrected chi connectivity index (χ0v) is 58.4. The van der Waals surface area contributed by atoms with Crippen LogP contribution >= 0.6 is 0 Å². The summed E-state index contributed by atoms with van der Waals surface area (Å²) in [6, 6.07) is 146. The topological polar surface area (TPSA) is 11.4 Å². The molecular weight excluding hydrogens is 1270 g/mol. The fraction of sp³-hybridized carbons (Fsp3) is 0.0392. The summed E-state index contributed by atoms with van der Waals surface area (Å²) in [4.78, 5) is 4.83. The Kier molecular flexibility index (Phi) is 14.5. The highest BCUT2D eigenvalue weighted by molar-refractivity contribution is 6.12. The first kappa shape index (κ1) is 61.5. The van der Waals surface area contributed by atoms with E-state index in [-0.39, 0.29) is 5.41 Å². The van der Waals surface area contributed by atoms with Gasteiger partial charge in [-0.05, 0) is 225 Å². The predicted molar refractivity (Wildman–Crippen MR) is 442 cm³/mol. The molecule has 2 aliphatic rings. The van der Waals surface area contributed by atoms with E-state index in [0.717, 1.165) is 73.1 Å². The van der Waals surface area contributed by atoms with Gasteiger partial charge in [0.15, 0.2) is 0 Å². The molecule has 3 heteroatoms. The largest absolute Gasteiger partial charge is 0.310 e. The van der Waals surface area contributed by atoms with Gasteiger partial charge in [-0.3, -0.25) is 0 Å². The molecule has 17 aromatic carbocycles. The highest BCUT2D eigenvalue weighted by atomic mass is 15.1. The Morgan fingerprint density at radius 3 is 1.23 bits per heavy atom. The quantitative estimate of drug-likeness (QED) is 0.114. The lowest BCUT2D eigenvalue weighted by atomic mass is 9.67. The number of hydrogen-bond acceptors (Lipinski definition) is 2. The maximum atomic E-state index is 2.46. The van der Waals surface area contributed by atoms with E-state index in [9.17, 15) is 0 Å². The Balaban J connectivity index is 0.659. The molecule has 1 aromatic heterocycles. The first-order chi connectivity index (χ1) is 51.8. The molecule has 18 aromatic rings. The minimum Gasteiger partial charge on any atom is -0.310 e. The van der Waals surface area contributed by atoms with Gasteiger partial charge in [-0.1, -0.05) is 305 Å². The maximum absolute atomic E-state index is 2.46. The standard InChI is InChI=1S/C102H71N3/c1-101(2)95-61-47-74(69-26-11-4-12-27-69)65-94(95)93-57-46-76-63-84(52-58-87(76)99(93)101)103(82-48-40-70(41-49-82)68-24-9-3-10-25-68)83-50-42-71(43-51-83)72-28-23-29-73(62-72)75-44-55-90-91-60-54-86(67-98(91)105(97(90)66-75)81-36-19-8-20-37-81)104(80-34-17-7-18-35-80)85-53-59-88-77(64-85)45-56-92-89-38-21-22-39-96(89)102(100(88)92,78-30-13-5-14-31-78)79-32-15-6-16-33-79/h3-67H,1-2H3. The van der Waals surface area contributed by atoms with E-state index in [1.165, 1.54) is 110 Å². The van der Waals surface area contributed by atoms with E-state index in [1.807, 2.05) is 0 Å². The molecule has 0 spiro atoms. The lowest BCUT2D eigenvalue weighted by Crippen LogP contribution is -2.28. The van der Waals surface area contributed by atoms with Gasteiger partial charge in [-0.2, -0.15) is 0 Å². The van der Waals surface area contributed by atoms with Crippen molar-refractivity contribution in [1.29, 1.82) is 0 Å². The van der Waals surface area contributed by atoms with Gasteiger partial charge in [-0.25, -0.2) is 0 Å². The lowest BCUT2D eigenvalue weighted by Gasteiger charge is -2.35. The monoisotopic (exact) mass is 1340 g/mol. The molecule has 0 saturated carbocycles. The average molecular weight is 1340 g/mol. The zero-order valence-electron chi connectivity index (χ0n) is 58.4. The normalized spacial score (nSPS) is 13.0.